The molecule has 0 aliphatic rings. The standard InChI is InChI=1S/C13H16N4O/c1-9-6-10(14)2-3-12(9)13(18)16-5-4-11-7-15-8-17-11/h2-3,6-8H,4-5,14H2,1H3,(H,15,17)(H,16,18). The number of hydrogen-bond acceptors (Lipinski definition) is 3. The lowest BCUT2D eigenvalue weighted by molar-refractivity contribution is 0.0953. The summed E-state index contributed by atoms with van der Waals surface area (Å²) in [5.74, 6) is -0.0768. The Hall–Kier alpha value is -2.30. The lowest BCUT2D eigenvalue weighted by Crippen LogP contribution is -2.26. The number of hydrogen-bond donors (Lipinski definition) is 3. The van der Waals surface area contributed by atoms with E-state index in [1.165, 1.54) is 0 Å². The second-order valence-electron chi connectivity index (χ2n) is 4.16. The van der Waals surface area contributed by atoms with Gasteiger partial charge in [-0.3, -0.25) is 4.79 Å². The monoisotopic (exact) mass is 244 g/mol. The van der Waals surface area contributed by atoms with Gasteiger partial charge in [0.2, 0.25) is 0 Å². The van der Waals surface area contributed by atoms with Crippen LogP contribution >= 0.6 is 0 Å². The van der Waals surface area contributed by atoms with Gasteiger partial charge in [0.25, 0.3) is 5.91 Å². The molecule has 1 amide bonds. The van der Waals surface area contributed by atoms with Gasteiger partial charge in [-0.15, -0.1) is 0 Å². The Morgan fingerprint density at radius 3 is 3.00 bits per heavy atom. The third-order valence-electron chi connectivity index (χ3n) is 2.73. The maximum absolute atomic E-state index is 11.9. The molecule has 0 unspecified atom stereocenters. The van der Waals surface area contributed by atoms with Crippen LogP contribution in [-0.2, 0) is 6.42 Å². The van der Waals surface area contributed by atoms with Crippen LogP contribution < -0.4 is 11.1 Å². The van der Waals surface area contributed by atoms with Gasteiger partial charge in [0, 0.05) is 36.1 Å². The Kier molecular flexibility index (Phi) is 3.62. The first kappa shape index (κ1) is 12.2. The average molecular weight is 244 g/mol. The summed E-state index contributed by atoms with van der Waals surface area (Å²) in [5, 5.41) is 2.87. The van der Waals surface area contributed by atoms with Crippen LogP contribution in [0.15, 0.2) is 30.7 Å². The van der Waals surface area contributed by atoms with Crippen molar-refractivity contribution in [3.05, 3.63) is 47.5 Å². The largest absolute Gasteiger partial charge is 0.399 e. The summed E-state index contributed by atoms with van der Waals surface area (Å²) in [6.45, 7) is 2.45. The normalized spacial score (nSPS) is 10.3. The molecule has 94 valence electrons. The highest BCUT2D eigenvalue weighted by atomic mass is 16.1. The van der Waals surface area contributed by atoms with E-state index < -0.39 is 0 Å². The molecule has 0 saturated carbocycles. The number of rotatable bonds is 4. The summed E-state index contributed by atoms with van der Waals surface area (Å²) in [7, 11) is 0. The van der Waals surface area contributed by atoms with Crippen LogP contribution in [0.2, 0.25) is 0 Å². The van der Waals surface area contributed by atoms with Gasteiger partial charge in [0.15, 0.2) is 0 Å². The molecule has 2 aromatic rings. The fraction of sp³-hybridized carbons (Fsp3) is 0.231. The van der Waals surface area contributed by atoms with Gasteiger partial charge in [0.1, 0.15) is 0 Å². The summed E-state index contributed by atoms with van der Waals surface area (Å²) in [6, 6.07) is 5.27. The van der Waals surface area contributed by atoms with Crippen LogP contribution in [0, 0.1) is 6.92 Å². The van der Waals surface area contributed by atoms with Gasteiger partial charge in [-0.25, -0.2) is 4.98 Å². The van der Waals surface area contributed by atoms with Crippen molar-refractivity contribution in [3.8, 4) is 0 Å². The Morgan fingerprint density at radius 1 is 1.50 bits per heavy atom. The molecular weight excluding hydrogens is 228 g/mol. The van der Waals surface area contributed by atoms with E-state index in [1.807, 2.05) is 6.92 Å². The fourth-order valence-electron chi connectivity index (χ4n) is 1.77. The number of amides is 1. The fourth-order valence-corrected chi connectivity index (χ4v) is 1.77. The maximum Gasteiger partial charge on any atom is 0.251 e. The first-order chi connectivity index (χ1) is 8.66. The zero-order valence-electron chi connectivity index (χ0n) is 10.2. The van der Waals surface area contributed by atoms with Gasteiger partial charge >= 0.3 is 0 Å². The molecular formula is C13H16N4O. The lowest BCUT2D eigenvalue weighted by atomic mass is 10.1. The molecule has 18 heavy (non-hydrogen) atoms. The zero-order chi connectivity index (χ0) is 13.0. The van der Waals surface area contributed by atoms with Crippen molar-refractivity contribution < 1.29 is 4.79 Å². The molecule has 0 bridgehead atoms. The predicted octanol–water partition coefficient (Wildman–Crippen LogP) is 1.27. The summed E-state index contributed by atoms with van der Waals surface area (Å²) >= 11 is 0. The number of H-pyrrole nitrogens is 1. The molecule has 0 fully saturated rings. The molecule has 0 saturated heterocycles. The van der Waals surface area contributed by atoms with E-state index in [9.17, 15) is 4.79 Å². The third-order valence-corrected chi connectivity index (χ3v) is 2.73. The Morgan fingerprint density at radius 2 is 2.33 bits per heavy atom. The molecule has 1 aromatic heterocycles. The number of carbonyl (C=O) groups excluding carboxylic acids is 1. The summed E-state index contributed by atoms with van der Waals surface area (Å²) in [4.78, 5) is 18.8. The van der Waals surface area contributed by atoms with E-state index in [1.54, 1.807) is 30.7 Å². The molecule has 0 atom stereocenters. The number of imidazole rings is 1. The number of anilines is 1. The van der Waals surface area contributed by atoms with E-state index >= 15 is 0 Å². The van der Waals surface area contributed by atoms with Crippen molar-refractivity contribution in [3.63, 3.8) is 0 Å². The van der Waals surface area contributed by atoms with E-state index in [0.29, 0.717) is 17.8 Å². The van der Waals surface area contributed by atoms with Gasteiger partial charge in [-0.05, 0) is 30.7 Å². The van der Waals surface area contributed by atoms with Gasteiger partial charge < -0.3 is 16.0 Å². The highest BCUT2D eigenvalue weighted by Gasteiger charge is 2.08. The van der Waals surface area contributed by atoms with Crippen molar-refractivity contribution in [2.75, 3.05) is 12.3 Å². The highest BCUT2D eigenvalue weighted by molar-refractivity contribution is 5.95. The number of aromatic amines is 1. The number of nitrogens with one attached hydrogen (secondary N) is 2. The van der Waals surface area contributed by atoms with Crippen molar-refractivity contribution in [1.82, 2.24) is 15.3 Å². The number of nitrogens with zero attached hydrogens (tertiary/aromatic N) is 1. The Bertz CT molecular complexity index is 534. The molecule has 2 rings (SSSR count). The Balaban J connectivity index is 1.91. The molecule has 0 radical (unpaired) electrons. The SMILES string of the molecule is Cc1cc(N)ccc1C(=O)NCCc1cnc[nH]1. The molecule has 5 heteroatoms. The summed E-state index contributed by atoms with van der Waals surface area (Å²) < 4.78 is 0. The second kappa shape index (κ2) is 5.35. The maximum atomic E-state index is 11.9. The van der Waals surface area contributed by atoms with Gasteiger partial charge in [0.05, 0.1) is 6.33 Å². The van der Waals surface area contributed by atoms with Crippen LogP contribution in [0.3, 0.4) is 0 Å². The predicted molar refractivity (Wildman–Crippen MR) is 70.2 cm³/mol. The molecule has 5 nitrogen and oxygen atoms in total. The second-order valence-corrected chi connectivity index (χ2v) is 4.16. The van der Waals surface area contributed by atoms with Crippen molar-refractivity contribution in [1.29, 1.82) is 0 Å². The Labute approximate surface area is 105 Å². The zero-order valence-corrected chi connectivity index (χ0v) is 10.2. The van der Waals surface area contributed by atoms with Crippen LogP contribution in [-0.4, -0.2) is 22.4 Å². The number of nitrogens with two attached hydrogens (primary N) is 1. The number of aromatic nitrogens is 2. The first-order valence-electron chi connectivity index (χ1n) is 5.78. The number of nitrogen functional groups attached to an aromatic ring is 1. The molecule has 1 heterocycles. The minimum atomic E-state index is -0.0768. The smallest absolute Gasteiger partial charge is 0.251 e. The van der Waals surface area contributed by atoms with Crippen molar-refractivity contribution in [2.24, 2.45) is 0 Å². The van der Waals surface area contributed by atoms with E-state index in [2.05, 4.69) is 15.3 Å². The third kappa shape index (κ3) is 2.88. The van der Waals surface area contributed by atoms with Crippen LogP contribution in [0.4, 0.5) is 5.69 Å². The average Bonchev–Trinajstić information content (AvgIpc) is 2.81. The summed E-state index contributed by atoms with van der Waals surface area (Å²) in [5.41, 5.74) is 8.87. The number of aryl methyl sites for hydroxylation is 1. The first-order valence-corrected chi connectivity index (χ1v) is 5.78. The van der Waals surface area contributed by atoms with E-state index in [4.69, 9.17) is 5.73 Å². The minimum Gasteiger partial charge on any atom is -0.399 e. The molecule has 0 aliphatic heterocycles. The molecule has 4 N–H and O–H groups in total. The topological polar surface area (TPSA) is 83.8 Å². The molecule has 1 aromatic carbocycles. The highest BCUT2D eigenvalue weighted by Crippen LogP contribution is 2.12. The van der Waals surface area contributed by atoms with Gasteiger partial charge in [-0.2, -0.15) is 0 Å². The summed E-state index contributed by atoms with van der Waals surface area (Å²) in [6.07, 6.45) is 4.11. The molecule has 0 spiro atoms. The van der Waals surface area contributed by atoms with Crippen molar-refractivity contribution >= 4 is 11.6 Å². The van der Waals surface area contributed by atoms with Crippen LogP contribution in [0.1, 0.15) is 21.6 Å². The number of carbonyl (C=O) groups is 1. The van der Waals surface area contributed by atoms with Gasteiger partial charge in [-0.1, -0.05) is 0 Å². The minimum absolute atomic E-state index is 0.0768. The quantitative estimate of drug-likeness (QED) is 0.708. The number of benzene rings is 1. The van der Waals surface area contributed by atoms with E-state index in [-0.39, 0.29) is 5.91 Å². The van der Waals surface area contributed by atoms with E-state index in [0.717, 1.165) is 17.7 Å². The van der Waals surface area contributed by atoms with Crippen LogP contribution in [0.5, 0.6) is 0 Å². The molecule has 0 aliphatic carbocycles. The van der Waals surface area contributed by atoms with Crippen LogP contribution in [0.25, 0.3) is 0 Å². The van der Waals surface area contributed by atoms with Crippen molar-refractivity contribution in [2.45, 2.75) is 13.3 Å². The lowest BCUT2D eigenvalue weighted by Gasteiger charge is -2.07.